The molecule has 1 fully saturated rings. The third-order valence-corrected chi connectivity index (χ3v) is 4.61. The van der Waals surface area contributed by atoms with Crippen LogP contribution in [0, 0.1) is 12.7 Å². The van der Waals surface area contributed by atoms with Crippen molar-refractivity contribution in [1.82, 2.24) is 15.5 Å². The Hall–Kier alpha value is -0.890. The molecule has 0 unspecified atom stereocenters. The summed E-state index contributed by atoms with van der Waals surface area (Å²) in [6, 6.07) is 4.97. The minimum Gasteiger partial charge on any atom is -0.356 e. The number of halogens is 2. The van der Waals surface area contributed by atoms with Gasteiger partial charge in [-0.2, -0.15) is 0 Å². The van der Waals surface area contributed by atoms with Gasteiger partial charge in [-0.15, -0.1) is 24.0 Å². The molecule has 0 radical (unpaired) electrons. The van der Waals surface area contributed by atoms with Crippen molar-refractivity contribution in [3.63, 3.8) is 0 Å². The number of guanidine groups is 1. The highest BCUT2D eigenvalue weighted by Crippen LogP contribution is 2.10. The molecule has 0 saturated carbocycles. The van der Waals surface area contributed by atoms with Crippen LogP contribution in [0.3, 0.4) is 0 Å². The number of hydrogen-bond acceptors (Lipinski definition) is 2. The van der Waals surface area contributed by atoms with Gasteiger partial charge in [0.2, 0.25) is 0 Å². The summed E-state index contributed by atoms with van der Waals surface area (Å²) in [5.74, 6) is 0.673. The van der Waals surface area contributed by atoms with Crippen molar-refractivity contribution in [2.75, 3.05) is 39.8 Å². The summed E-state index contributed by atoms with van der Waals surface area (Å²) in [7, 11) is 1.79. The van der Waals surface area contributed by atoms with Crippen LogP contribution in [0.1, 0.15) is 36.8 Å². The molecule has 1 saturated heterocycles. The fraction of sp³-hybridized carbons (Fsp3) is 0.632. The molecular weight excluding hydrogens is 430 g/mol. The van der Waals surface area contributed by atoms with E-state index in [0.717, 1.165) is 37.5 Å². The van der Waals surface area contributed by atoms with Gasteiger partial charge in [-0.3, -0.25) is 4.99 Å². The third kappa shape index (κ3) is 8.35. The van der Waals surface area contributed by atoms with Gasteiger partial charge in [0.15, 0.2) is 5.96 Å². The molecule has 2 N–H and O–H groups in total. The van der Waals surface area contributed by atoms with E-state index in [4.69, 9.17) is 0 Å². The van der Waals surface area contributed by atoms with Crippen molar-refractivity contribution in [3.05, 3.63) is 35.1 Å². The second kappa shape index (κ2) is 12.5. The first-order valence-electron chi connectivity index (χ1n) is 9.11. The maximum absolute atomic E-state index is 13.1. The minimum absolute atomic E-state index is 0. The quantitative estimate of drug-likeness (QED) is 0.270. The molecule has 1 aliphatic heterocycles. The average Bonchev–Trinajstić information content (AvgIpc) is 3.08. The zero-order chi connectivity index (χ0) is 17.2. The Labute approximate surface area is 168 Å². The minimum atomic E-state index is -0.171. The van der Waals surface area contributed by atoms with Crippen LogP contribution in [-0.2, 0) is 6.42 Å². The molecule has 0 amide bonds. The summed E-state index contributed by atoms with van der Waals surface area (Å²) in [6.07, 6.45) is 5.99. The first-order chi connectivity index (χ1) is 11.7. The fourth-order valence-corrected chi connectivity index (χ4v) is 3.15. The first kappa shape index (κ1) is 22.2. The van der Waals surface area contributed by atoms with Gasteiger partial charge in [0, 0.05) is 20.1 Å². The molecule has 1 aromatic carbocycles. The number of aliphatic imine (C=N–C) groups is 1. The lowest BCUT2D eigenvalue weighted by Gasteiger charge is -2.15. The molecule has 0 aliphatic carbocycles. The van der Waals surface area contributed by atoms with Crippen molar-refractivity contribution in [3.8, 4) is 0 Å². The highest BCUT2D eigenvalue weighted by atomic mass is 127. The zero-order valence-corrected chi connectivity index (χ0v) is 17.8. The molecule has 1 aromatic rings. The van der Waals surface area contributed by atoms with Crippen molar-refractivity contribution in [2.45, 2.75) is 39.0 Å². The topological polar surface area (TPSA) is 39.7 Å². The SMILES string of the molecule is CN=C(NCCCCN1CCCC1)NCCc1ccc(F)cc1C.I. The molecule has 0 aromatic heterocycles. The number of likely N-dealkylation sites (tertiary alicyclic amines) is 1. The predicted octanol–water partition coefficient (Wildman–Crippen LogP) is 3.34. The number of unbranched alkanes of at least 4 members (excludes halogenated alkanes) is 1. The lowest BCUT2D eigenvalue weighted by Crippen LogP contribution is -2.39. The van der Waals surface area contributed by atoms with Crippen LogP contribution in [0.4, 0.5) is 4.39 Å². The fourth-order valence-electron chi connectivity index (χ4n) is 3.15. The van der Waals surface area contributed by atoms with Crippen LogP contribution in [0.5, 0.6) is 0 Å². The summed E-state index contributed by atoms with van der Waals surface area (Å²) in [5, 5.41) is 6.69. The van der Waals surface area contributed by atoms with E-state index in [1.807, 2.05) is 13.0 Å². The number of nitrogens with zero attached hydrogens (tertiary/aromatic N) is 2. The zero-order valence-electron chi connectivity index (χ0n) is 15.5. The van der Waals surface area contributed by atoms with Gasteiger partial charge >= 0.3 is 0 Å². The second-order valence-corrected chi connectivity index (χ2v) is 6.50. The van der Waals surface area contributed by atoms with Crippen molar-refractivity contribution >= 4 is 29.9 Å². The van der Waals surface area contributed by atoms with Gasteiger partial charge in [-0.25, -0.2) is 4.39 Å². The monoisotopic (exact) mass is 462 g/mol. The highest BCUT2D eigenvalue weighted by Gasteiger charge is 2.10. The number of hydrogen-bond donors (Lipinski definition) is 2. The molecule has 2 rings (SSSR count). The normalized spacial score (nSPS) is 15.1. The van der Waals surface area contributed by atoms with Crippen LogP contribution < -0.4 is 10.6 Å². The van der Waals surface area contributed by atoms with E-state index in [9.17, 15) is 4.39 Å². The molecule has 1 aliphatic rings. The standard InChI is InChI=1S/C19H31FN4.HI/c1-16-15-18(20)8-7-17(16)9-11-23-19(21-2)22-10-3-4-12-24-13-5-6-14-24;/h7-8,15H,3-6,9-14H2,1-2H3,(H2,21,22,23);1H. The lowest BCUT2D eigenvalue weighted by molar-refractivity contribution is 0.330. The van der Waals surface area contributed by atoms with Gasteiger partial charge < -0.3 is 15.5 Å². The molecule has 142 valence electrons. The van der Waals surface area contributed by atoms with Gasteiger partial charge in [-0.05, 0) is 81.9 Å². The highest BCUT2D eigenvalue weighted by molar-refractivity contribution is 14.0. The molecule has 25 heavy (non-hydrogen) atoms. The maximum atomic E-state index is 13.1. The third-order valence-electron chi connectivity index (χ3n) is 4.61. The Balaban J connectivity index is 0.00000312. The second-order valence-electron chi connectivity index (χ2n) is 6.50. The van der Waals surface area contributed by atoms with Crippen molar-refractivity contribution in [2.24, 2.45) is 4.99 Å². The predicted molar refractivity (Wildman–Crippen MR) is 115 cm³/mol. The Morgan fingerprint density at radius 2 is 1.88 bits per heavy atom. The Morgan fingerprint density at radius 3 is 2.56 bits per heavy atom. The van der Waals surface area contributed by atoms with Gasteiger partial charge in [-0.1, -0.05) is 6.07 Å². The smallest absolute Gasteiger partial charge is 0.190 e. The van der Waals surface area contributed by atoms with E-state index in [1.165, 1.54) is 50.5 Å². The van der Waals surface area contributed by atoms with Crippen LogP contribution in [0.15, 0.2) is 23.2 Å². The summed E-state index contributed by atoms with van der Waals surface area (Å²) in [4.78, 5) is 6.81. The first-order valence-corrected chi connectivity index (χ1v) is 9.11. The molecule has 0 atom stereocenters. The van der Waals surface area contributed by atoms with Crippen molar-refractivity contribution in [1.29, 1.82) is 0 Å². The van der Waals surface area contributed by atoms with Gasteiger partial charge in [0.1, 0.15) is 5.82 Å². The van der Waals surface area contributed by atoms with E-state index >= 15 is 0 Å². The van der Waals surface area contributed by atoms with E-state index in [2.05, 4.69) is 20.5 Å². The van der Waals surface area contributed by atoms with Gasteiger partial charge in [0.05, 0.1) is 0 Å². The van der Waals surface area contributed by atoms with Crippen LogP contribution in [0.2, 0.25) is 0 Å². The molecular formula is C19H32FIN4. The van der Waals surface area contributed by atoms with Crippen LogP contribution in [0.25, 0.3) is 0 Å². The molecule has 0 spiro atoms. The largest absolute Gasteiger partial charge is 0.356 e. The van der Waals surface area contributed by atoms with E-state index in [-0.39, 0.29) is 29.8 Å². The van der Waals surface area contributed by atoms with Crippen molar-refractivity contribution < 1.29 is 4.39 Å². The summed E-state index contributed by atoms with van der Waals surface area (Å²) >= 11 is 0. The number of benzene rings is 1. The number of nitrogens with one attached hydrogen (secondary N) is 2. The number of aryl methyl sites for hydroxylation is 1. The van der Waals surface area contributed by atoms with E-state index in [0.29, 0.717) is 0 Å². The Kier molecular flexibility index (Phi) is 11.0. The molecule has 1 heterocycles. The van der Waals surface area contributed by atoms with Crippen LogP contribution in [-0.4, -0.2) is 50.6 Å². The van der Waals surface area contributed by atoms with E-state index < -0.39 is 0 Å². The molecule has 4 nitrogen and oxygen atoms in total. The maximum Gasteiger partial charge on any atom is 0.190 e. The summed E-state index contributed by atoms with van der Waals surface area (Å²) in [5.41, 5.74) is 2.17. The summed E-state index contributed by atoms with van der Waals surface area (Å²) in [6.45, 7) is 7.46. The van der Waals surface area contributed by atoms with E-state index in [1.54, 1.807) is 13.1 Å². The van der Waals surface area contributed by atoms with Crippen LogP contribution >= 0.6 is 24.0 Å². The molecule has 0 bridgehead atoms. The average molecular weight is 462 g/mol. The van der Waals surface area contributed by atoms with Gasteiger partial charge in [0.25, 0.3) is 0 Å². The lowest BCUT2D eigenvalue weighted by atomic mass is 10.1. The number of rotatable bonds is 8. The Bertz CT molecular complexity index is 530. The molecule has 6 heteroatoms. The Morgan fingerprint density at radius 1 is 1.16 bits per heavy atom. The summed E-state index contributed by atoms with van der Waals surface area (Å²) < 4.78 is 13.1.